The molecule has 0 atom stereocenters. The summed E-state index contributed by atoms with van der Waals surface area (Å²) >= 11 is 3.30. The van der Waals surface area contributed by atoms with Gasteiger partial charge >= 0.3 is 0 Å². The Labute approximate surface area is 149 Å². The van der Waals surface area contributed by atoms with E-state index in [1.54, 1.807) is 23.1 Å². The van der Waals surface area contributed by atoms with Gasteiger partial charge in [0.1, 0.15) is 15.7 Å². The number of hydrogen-bond acceptors (Lipinski definition) is 6. The van der Waals surface area contributed by atoms with Crippen LogP contribution in [0.4, 0.5) is 0 Å². The highest BCUT2D eigenvalue weighted by Crippen LogP contribution is 2.42. The molecule has 1 saturated carbocycles. The molecule has 1 amide bonds. The number of ether oxygens (including phenoxy) is 1. The maximum Gasteiger partial charge on any atom is 0.233 e. The zero-order chi connectivity index (χ0) is 16.7. The minimum Gasteiger partial charge on any atom is -0.378 e. The van der Waals surface area contributed by atoms with Gasteiger partial charge in [-0.25, -0.2) is 9.97 Å². The maximum absolute atomic E-state index is 12.4. The van der Waals surface area contributed by atoms with Crippen molar-refractivity contribution in [3.05, 3.63) is 16.3 Å². The van der Waals surface area contributed by atoms with E-state index in [2.05, 4.69) is 13.8 Å². The molecule has 7 heteroatoms. The molecule has 2 aromatic heterocycles. The second-order valence-corrected chi connectivity index (χ2v) is 8.57. The van der Waals surface area contributed by atoms with Crippen LogP contribution in [0.1, 0.15) is 35.0 Å². The highest BCUT2D eigenvalue weighted by molar-refractivity contribution is 8.00. The third-order valence-corrected chi connectivity index (χ3v) is 6.71. The van der Waals surface area contributed by atoms with Crippen LogP contribution in [0.15, 0.2) is 5.03 Å². The van der Waals surface area contributed by atoms with Crippen molar-refractivity contribution in [1.82, 2.24) is 14.9 Å². The molecule has 1 saturated heterocycles. The van der Waals surface area contributed by atoms with Crippen molar-refractivity contribution >= 4 is 39.2 Å². The number of aryl methyl sites for hydroxylation is 2. The minimum absolute atomic E-state index is 0.174. The first kappa shape index (κ1) is 16.3. The Morgan fingerprint density at radius 1 is 1.29 bits per heavy atom. The Bertz CT molecular complexity index is 780. The molecule has 0 unspecified atom stereocenters. The average molecular weight is 364 g/mol. The van der Waals surface area contributed by atoms with Crippen LogP contribution in [0.3, 0.4) is 0 Å². The van der Waals surface area contributed by atoms with Gasteiger partial charge in [0.25, 0.3) is 0 Å². The highest BCUT2D eigenvalue weighted by atomic mass is 32.2. The molecule has 1 aliphatic carbocycles. The van der Waals surface area contributed by atoms with E-state index in [4.69, 9.17) is 14.7 Å². The van der Waals surface area contributed by atoms with Crippen LogP contribution in [0, 0.1) is 13.8 Å². The highest BCUT2D eigenvalue weighted by Gasteiger charge is 2.29. The van der Waals surface area contributed by atoms with Gasteiger partial charge in [0, 0.05) is 29.3 Å². The lowest BCUT2D eigenvalue weighted by Crippen LogP contribution is -2.41. The number of nitrogens with zero attached hydrogens (tertiary/aromatic N) is 3. The van der Waals surface area contributed by atoms with Gasteiger partial charge < -0.3 is 9.64 Å². The summed E-state index contributed by atoms with van der Waals surface area (Å²) in [6.07, 6.45) is 2.37. The molecule has 0 N–H and O–H groups in total. The molecule has 0 aromatic carbocycles. The normalized spacial score (nSPS) is 18.3. The molecule has 24 heavy (non-hydrogen) atoms. The first-order valence-electron chi connectivity index (χ1n) is 8.39. The number of thioether (sulfide) groups is 1. The number of carbonyl (C=O) groups is 1. The number of thiophene rings is 1. The fraction of sp³-hybridized carbons (Fsp3) is 0.588. The molecule has 0 radical (unpaired) electrons. The minimum atomic E-state index is 0.174. The molecule has 3 heterocycles. The average Bonchev–Trinajstić information content (AvgIpc) is 3.40. The third-order valence-electron chi connectivity index (χ3n) is 4.65. The Hall–Kier alpha value is -1.18. The number of amides is 1. The maximum atomic E-state index is 12.4. The molecule has 5 nitrogen and oxygen atoms in total. The Balaban J connectivity index is 1.58. The molecule has 128 valence electrons. The number of aromatic nitrogens is 2. The molecule has 0 spiro atoms. The van der Waals surface area contributed by atoms with E-state index in [0.29, 0.717) is 38.0 Å². The predicted molar refractivity (Wildman–Crippen MR) is 97.0 cm³/mol. The fourth-order valence-electron chi connectivity index (χ4n) is 2.89. The summed E-state index contributed by atoms with van der Waals surface area (Å²) < 4.78 is 5.32. The van der Waals surface area contributed by atoms with Gasteiger partial charge in [0.2, 0.25) is 5.91 Å². The zero-order valence-corrected chi connectivity index (χ0v) is 15.6. The molecule has 2 fully saturated rings. The van der Waals surface area contributed by atoms with E-state index in [1.165, 1.54) is 23.3 Å². The monoisotopic (exact) mass is 363 g/mol. The Morgan fingerprint density at radius 3 is 2.75 bits per heavy atom. The summed E-state index contributed by atoms with van der Waals surface area (Å²) in [7, 11) is 0. The first-order valence-corrected chi connectivity index (χ1v) is 10.2. The second kappa shape index (κ2) is 6.61. The van der Waals surface area contributed by atoms with Crippen molar-refractivity contribution < 1.29 is 9.53 Å². The van der Waals surface area contributed by atoms with Crippen LogP contribution in [-0.4, -0.2) is 52.8 Å². The van der Waals surface area contributed by atoms with E-state index in [0.717, 1.165) is 21.1 Å². The largest absolute Gasteiger partial charge is 0.378 e. The van der Waals surface area contributed by atoms with Gasteiger partial charge in [0.05, 0.1) is 19.0 Å². The summed E-state index contributed by atoms with van der Waals surface area (Å²) in [5.41, 5.74) is 1.25. The second-order valence-electron chi connectivity index (χ2n) is 6.41. The van der Waals surface area contributed by atoms with Crippen molar-refractivity contribution in [3.63, 3.8) is 0 Å². The summed E-state index contributed by atoms with van der Waals surface area (Å²) in [5.74, 6) is 2.09. The van der Waals surface area contributed by atoms with Gasteiger partial charge in [0.15, 0.2) is 0 Å². The fourth-order valence-corrected chi connectivity index (χ4v) is 4.99. The molecule has 4 rings (SSSR count). The van der Waals surface area contributed by atoms with Crippen molar-refractivity contribution in [3.8, 4) is 0 Å². The summed E-state index contributed by atoms with van der Waals surface area (Å²) in [5, 5.41) is 2.12. The van der Waals surface area contributed by atoms with Crippen LogP contribution >= 0.6 is 23.1 Å². The van der Waals surface area contributed by atoms with Crippen molar-refractivity contribution in [2.24, 2.45) is 0 Å². The van der Waals surface area contributed by atoms with Crippen molar-refractivity contribution in [1.29, 1.82) is 0 Å². The molecular formula is C17H21N3O2S2. The number of carbonyl (C=O) groups excluding carboxylic acids is 1. The van der Waals surface area contributed by atoms with Gasteiger partial charge in [-0.3, -0.25) is 4.79 Å². The van der Waals surface area contributed by atoms with Gasteiger partial charge in [-0.05, 0) is 32.3 Å². The molecular weight excluding hydrogens is 342 g/mol. The number of rotatable bonds is 4. The van der Waals surface area contributed by atoms with E-state index in [1.807, 2.05) is 4.90 Å². The summed E-state index contributed by atoms with van der Waals surface area (Å²) in [4.78, 5) is 26.3. The lowest BCUT2D eigenvalue weighted by atomic mass is 10.2. The quantitative estimate of drug-likeness (QED) is 0.617. The van der Waals surface area contributed by atoms with Crippen LogP contribution < -0.4 is 0 Å². The number of morpholine rings is 1. The topological polar surface area (TPSA) is 55.3 Å². The van der Waals surface area contributed by atoms with Crippen LogP contribution in [0.5, 0.6) is 0 Å². The lowest BCUT2D eigenvalue weighted by molar-refractivity contribution is -0.132. The third kappa shape index (κ3) is 3.17. The van der Waals surface area contributed by atoms with Gasteiger partial charge in [-0.2, -0.15) is 0 Å². The van der Waals surface area contributed by atoms with E-state index in [-0.39, 0.29) is 5.91 Å². The SMILES string of the molecule is Cc1sc2nc(C3CC3)nc(SCC(=O)N3CCOCC3)c2c1C. The predicted octanol–water partition coefficient (Wildman–Crippen LogP) is 3.14. The molecule has 2 aliphatic rings. The van der Waals surface area contributed by atoms with Crippen molar-refractivity contribution in [2.45, 2.75) is 37.6 Å². The smallest absolute Gasteiger partial charge is 0.233 e. The Kier molecular flexibility index (Phi) is 4.49. The number of hydrogen-bond donors (Lipinski definition) is 0. The van der Waals surface area contributed by atoms with E-state index < -0.39 is 0 Å². The number of fused-ring (bicyclic) bond motifs is 1. The summed E-state index contributed by atoms with van der Waals surface area (Å²) in [6, 6.07) is 0. The van der Waals surface area contributed by atoms with Crippen LogP contribution in [0.25, 0.3) is 10.2 Å². The van der Waals surface area contributed by atoms with Crippen molar-refractivity contribution in [2.75, 3.05) is 32.1 Å². The Morgan fingerprint density at radius 2 is 2.04 bits per heavy atom. The molecule has 0 bridgehead atoms. The van der Waals surface area contributed by atoms with Gasteiger partial charge in [-0.1, -0.05) is 11.8 Å². The van der Waals surface area contributed by atoms with Crippen LogP contribution in [-0.2, 0) is 9.53 Å². The van der Waals surface area contributed by atoms with E-state index >= 15 is 0 Å². The molecule has 1 aliphatic heterocycles. The lowest BCUT2D eigenvalue weighted by Gasteiger charge is -2.26. The van der Waals surface area contributed by atoms with Crippen LogP contribution in [0.2, 0.25) is 0 Å². The standard InChI is InChI=1S/C17H21N3O2S2/c1-10-11(2)24-17-14(10)16(18-15(19-17)12-3-4-12)23-9-13(21)20-5-7-22-8-6-20/h12H,3-9H2,1-2H3. The summed E-state index contributed by atoms with van der Waals surface area (Å²) in [6.45, 7) is 6.94. The van der Waals surface area contributed by atoms with Gasteiger partial charge in [-0.15, -0.1) is 11.3 Å². The first-order chi connectivity index (χ1) is 11.6. The molecule has 2 aromatic rings. The zero-order valence-electron chi connectivity index (χ0n) is 14.0. The van der Waals surface area contributed by atoms with E-state index in [9.17, 15) is 4.79 Å².